The van der Waals surface area contributed by atoms with Crippen molar-refractivity contribution in [3.05, 3.63) is 57.7 Å². The van der Waals surface area contributed by atoms with Crippen molar-refractivity contribution in [2.45, 2.75) is 26.3 Å². The summed E-state index contributed by atoms with van der Waals surface area (Å²) >= 11 is 3.39. The van der Waals surface area contributed by atoms with Crippen LogP contribution in [-0.2, 0) is 0 Å². The van der Waals surface area contributed by atoms with E-state index in [0.29, 0.717) is 5.56 Å². The molecule has 1 aromatic carbocycles. The molecular weight excluding hydrogens is 309 g/mol. The van der Waals surface area contributed by atoms with Gasteiger partial charge in [-0.2, -0.15) is 0 Å². The molecule has 0 aliphatic rings. The monoisotopic (exact) mass is 325 g/mol. The Labute approximate surface area is 121 Å². The van der Waals surface area contributed by atoms with Crippen LogP contribution in [0.1, 0.15) is 36.5 Å². The van der Waals surface area contributed by atoms with E-state index in [1.54, 1.807) is 12.1 Å². The molecule has 1 unspecified atom stereocenters. The molecular formula is C15H17BrFNO. The summed E-state index contributed by atoms with van der Waals surface area (Å²) < 4.78 is 20.5. The molecule has 1 aromatic heterocycles. The first-order chi connectivity index (χ1) is 9.11. The van der Waals surface area contributed by atoms with Crippen molar-refractivity contribution in [1.29, 1.82) is 0 Å². The molecule has 0 spiro atoms. The maximum Gasteiger partial charge on any atom is 0.128 e. The quantitative estimate of drug-likeness (QED) is 0.870. The van der Waals surface area contributed by atoms with Crippen LogP contribution in [-0.4, -0.2) is 6.54 Å². The number of hydrogen-bond donors (Lipinski definition) is 1. The zero-order valence-electron chi connectivity index (χ0n) is 11.0. The smallest absolute Gasteiger partial charge is 0.128 e. The molecule has 0 saturated heterocycles. The van der Waals surface area contributed by atoms with Gasteiger partial charge in [0.05, 0.1) is 6.04 Å². The topological polar surface area (TPSA) is 25.2 Å². The van der Waals surface area contributed by atoms with Crippen LogP contribution in [0.2, 0.25) is 0 Å². The van der Waals surface area contributed by atoms with Gasteiger partial charge in [0.1, 0.15) is 17.3 Å². The van der Waals surface area contributed by atoms with Crippen LogP contribution in [0.4, 0.5) is 4.39 Å². The molecule has 102 valence electrons. The Morgan fingerprint density at radius 2 is 2.11 bits per heavy atom. The Bertz CT molecular complexity index is 553. The minimum absolute atomic E-state index is 0.231. The molecule has 0 fully saturated rings. The van der Waals surface area contributed by atoms with Gasteiger partial charge >= 0.3 is 0 Å². The molecule has 2 rings (SSSR count). The Morgan fingerprint density at radius 1 is 1.32 bits per heavy atom. The van der Waals surface area contributed by atoms with Gasteiger partial charge < -0.3 is 9.73 Å². The summed E-state index contributed by atoms with van der Waals surface area (Å²) in [4.78, 5) is 0. The zero-order valence-corrected chi connectivity index (χ0v) is 12.6. The summed E-state index contributed by atoms with van der Waals surface area (Å²) in [5, 5.41) is 3.33. The van der Waals surface area contributed by atoms with Crippen LogP contribution in [0.25, 0.3) is 0 Å². The minimum atomic E-state index is -0.258. The third-order valence-electron chi connectivity index (χ3n) is 2.91. The fourth-order valence-corrected chi connectivity index (χ4v) is 2.38. The molecule has 0 radical (unpaired) electrons. The third-order valence-corrected chi connectivity index (χ3v) is 3.41. The van der Waals surface area contributed by atoms with Crippen LogP contribution < -0.4 is 5.32 Å². The molecule has 1 heterocycles. The average molecular weight is 326 g/mol. The van der Waals surface area contributed by atoms with E-state index in [0.717, 1.165) is 29.0 Å². The SMILES string of the molecule is CCCNC(c1ccc(C)o1)c1cc(Br)ccc1F. The van der Waals surface area contributed by atoms with Crippen LogP contribution in [0.15, 0.2) is 39.2 Å². The second-order valence-corrected chi connectivity index (χ2v) is 5.42. The number of nitrogens with one attached hydrogen (secondary N) is 1. The molecule has 0 aliphatic heterocycles. The number of aryl methyl sites for hydroxylation is 1. The second-order valence-electron chi connectivity index (χ2n) is 4.50. The number of furan rings is 1. The number of hydrogen-bond acceptors (Lipinski definition) is 2. The Kier molecular flexibility index (Phi) is 4.77. The summed E-state index contributed by atoms with van der Waals surface area (Å²) in [5.41, 5.74) is 0.595. The maximum absolute atomic E-state index is 14.0. The van der Waals surface area contributed by atoms with Gasteiger partial charge in [0.25, 0.3) is 0 Å². The Balaban J connectivity index is 2.39. The normalized spacial score (nSPS) is 12.6. The fourth-order valence-electron chi connectivity index (χ4n) is 2.00. The first-order valence-electron chi connectivity index (χ1n) is 6.36. The molecule has 0 bridgehead atoms. The fraction of sp³-hybridized carbons (Fsp3) is 0.333. The summed E-state index contributed by atoms with van der Waals surface area (Å²) in [6.45, 7) is 4.77. The van der Waals surface area contributed by atoms with Crippen molar-refractivity contribution in [2.24, 2.45) is 0 Å². The first kappa shape index (κ1) is 14.3. The Morgan fingerprint density at radius 3 is 2.74 bits per heavy atom. The number of rotatable bonds is 5. The number of halogens is 2. The van der Waals surface area contributed by atoms with E-state index in [9.17, 15) is 4.39 Å². The highest BCUT2D eigenvalue weighted by molar-refractivity contribution is 9.10. The maximum atomic E-state index is 14.0. The van der Waals surface area contributed by atoms with E-state index in [2.05, 4.69) is 28.2 Å². The minimum Gasteiger partial charge on any atom is -0.464 e. The van der Waals surface area contributed by atoms with E-state index in [1.807, 2.05) is 19.1 Å². The standard InChI is InChI=1S/C15H17BrFNO/c1-3-8-18-15(14-7-4-10(2)19-14)12-9-11(16)5-6-13(12)17/h4-7,9,15,18H,3,8H2,1-2H3. The lowest BCUT2D eigenvalue weighted by Gasteiger charge is -2.18. The molecule has 0 amide bonds. The van der Waals surface area contributed by atoms with Gasteiger partial charge in [-0.3, -0.25) is 0 Å². The summed E-state index contributed by atoms with van der Waals surface area (Å²) in [7, 11) is 0. The predicted molar refractivity (Wildman–Crippen MR) is 77.7 cm³/mol. The average Bonchev–Trinajstić information content (AvgIpc) is 2.80. The van der Waals surface area contributed by atoms with E-state index in [1.165, 1.54) is 6.07 Å². The number of benzene rings is 1. The molecule has 1 atom stereocenters. The molecule has 2 aromatic rings. The highest BCUT2D eigenvalue weighted by atomic mass is 79.9. The molecule has 0 aliphatic carbocycles. The van der Waals surface area contributed by atoms with Crippen LogP contribution in [0.5, 0.6) is 0 Å². The van der Waals surface area contributed by atoms with Crippen LogP contribution in [0, 0.1) is 12.7 Å². The van der Waals surface area contributed by atoms with E-state index in [-0.39, 0.29) is 11.9 Å². The zero-order chi connectivity index (χ0) is 13.8. The van der Waals surface area contributed by atoms with E-state index >= 15 is 0 Å². The van der Waals surface area contributed by atoms with Gasteiger partial charge in [-0.15, -0.1) is 0 Å². The van der Waals surface area contributed by atoms with Crippen LogP contribution >= 0.6 is 15.9 Å². The third kappa shape index (κ3) is 3.45. The van der Waals surface area contributed by atoms with Gasteiger partial charge in [-0.05, 0) is 50.2 Å². The first-order valence-corrected chi connectivity index (χ1v) is 7.15. The van der Waals surface area contributed by atoms with Crippen molar-refractivity contribution < 1.29 is 8.81 Å². The summed E-state index contributed by atoms with van der Waals surface area (Å²) in [6.07, 6.45) is 0.978. The predicted octanol–water partition coefficient (Wildman–Crippen LogP) is 4.58. The summed E-state index contributed by atoms with van der Waals surface area (Å²) in [6, 6.07) is 8.49. The van der Waals surface area contributed by atoms with Gasteiger partial charge in [0.2, 0.25) is 0 Å². The van der Waals surface area contributed by atoms with Crippen LogP contribution in [0.3, 0.4) is 0 Å². The van der Waals surface area contributed by atoms with Gasteiger partial charge in [0, 0.05) is 10.0 Å². The highest BCUT2D eigenvalue weighted by Crippen LogP contribution is 2.28. The molecule has 4 heteroatoms. The lowest BCUT2D eigenvalue weighted by molar-refractivity contribution is 0.422. The molecule has 19 heavy (non-hydrogen) atoms. The van der Waals surface area contributed by atoms with E-state index < -0.39 is 0 Å². The van der Waals surface area contributed by atoms with Crippen molar-refractivity contribution in [2.75, 3.05) is 6.54 Å². The molecule has 0 saturated carbocycles. The largest absolute Gasteiger partial charge is 0.464 e. The second kappa shape index (κ2) is 6.35. The van der Waals surface area contributed by atoms with Crippen molar-refractivity contribution in [3.63, 3.8) is 0 Å². The van der Waals surface area contributed by atoms with Gasteiger partial charge in [-0.1, -0.05) is 22.9 Å². The van der Waals surface area contributed by atoms with E-state index in [4.69, 9.17) is 4.42 Å². The highest BCUT2D eigenvalue weighted by Gasteiger charge is 2.20. The lowest BCUT2D eigenvalue weighted by Crippen LogP contribution is -2.23. The molecule has 1 N–H and O–H groups in total. The van der Waals surface area contributed by atoms with Crippen molar-refractivity contribution in [1.82, 2.24) is 5.32 Å². The van der Waals surface area contributed by atoms with Gasteiger partial charge in [0.15, 0.2) is 0 Å². The van der Waals surface area contributed by atoms with Gasteiger partial charge in [-0.25, -0.2) is 4.39 Å². The Hall–Kier alpha value is -1.13. The summed E-state index contributed by atoms with van der Waals surface area (Å²) in [5.74, 6) is 1.34. The molecule has 2 nitrogen and oxygen atoms in total. The lowest BCUT2D eigenvalue weighted by atomic mass is 10.0. The van der Waals surface area contributed by atoms with Crippen molar-refractivity contribution in [3.8, 4) is 0 Å². The van der Waals surface area contributed by atoms with Crippen molar-refractivity contribution >= 4 is 15.9 Å².